The average Bonchev–Trinajstić information content (AvgIpc) is 3.35. The number of nitrogens with one attached hydrogen (secondary N) is 1. The van der Waals surface area contributed by atoms with E-state index in [-0.39, 0.29) is 49.3 Å². The Morgan fingerprint density at radius 3 is 1.70 bits per heavy atom. The summed E-state index contributed by atoms with van der Waals surface area (Å²) in [6, 6.07) is 27.3. The Morgan fingerprint density at radius 1 is 0.700 bits per heavy atom. The second-order valence-corrected chi connectivity index (χ2v) is 9.60. The molecule has 0 aliphatic carbocycles. The Bertz CT molecular complexity index is 1280. The fraction of sp³-hybridized carbons (Fsp3) is 0.323. The molecule has 1 unspecified atom stereocenters. The topological polar surface area (TPSA) is 53.6 Å². The molecule has 1 atom stereocenters. The highest BCUT2D eigenvalue weighted by molar-refractivity contribution is 5.86. The number of H-pyrrole nitrogens is 1. The first-order valence-electron chi connectivity index (χ1n) is 13.0. The first-order valence-corrected chi connectivity index (χ1v) is 13.0. The quantitative estimate of drug-likeness (QED) is 0.231. The Morgan fingerprint density at radius 2 is 1.18 bits per heavy atom. The predicted octanol–water partition coefficient (Wildman–Crippen LogP) is 7.14. The van der Waals surface area contributed by atoms with Crippen LogP contribution in [0.25, 0.3) is 11.4 Å². The van der Waals surface area contributed by atoms with Crippen molar-refractivity contribution in [2.75, 3.05) is 40.4 Å². The van der Waals surface area contributed by atoms with Crippen molar-refractivity contribution in [2.45, 2.75) is 25.9 Å². The lowest BCUT2D eigenvalue weighted by atomic mass is 9.94. The zero-order valence-electron chi connectivity index (χ0n) is 23.4. The predicted molar refractivity (Wildman–Crippen MR) is 170 cm³/mol. The van der Waals surface area contributed by atoms with Gasteiger partial charge in [0.05, 0.1) is 32.0 Å². The van der Waals surface area contributed by atoms with Crippen LogP contribution in [0.3, 0.4) is 0 Å². The van der Waals surface area contributed by atoms with Crippen molar-refractivity contribution < 1.29 is 9.47 Å². The number of halogens is 3. The number of aryl methyl sites for hydroxylation is 1. The molecule has 0 amide bonds. The molecule has 5 rings (SSSR count). The molecule has 9 heteroatoms. The van der Waals surface area contributed by atoms with Crippen LogP contribution in [0, 0.1) is 6.92 Å². The van der Waals surface area contributed by atoms with Gasteiger partial charge in [0.25, 0.3) is 0 Å². The minimum Gasteiger partial charge on any atom is -0.496 e. The van der Waals surface area contributed by atoms with E-state index < -0.39 is 0 Å². The molecule has 1 fully saturated rings. The van der Waals surface area contributed by atoms with Gasteiger partial charge in [0, 0.05) is 48.6 Å². The Balaban J connectivity index is 0.00000187. The Labute approximate surface area is 256 Å². The largest absolute Gasteiger partial charge is 0.496 e. The molecule has 1 aliphatic rings. The van der Waals surface area contributed by atoms with Gasteiger partial charge in [-0.1, -0.05) is 66.7 Å². The second-order valence-electron chi connectivity index (χ2n) is 9.60. The molecular formula is C31H39Cl3N4O2. The number of imidazole rings is 1. The maximum Gasteiger partial charge on any atom is 0.137 e. The number of hydrogen-bond acceptors (Lipinski definition) is 5. The van der Waals surface area contributed by atoms with E-state index in [1.54, 1.807) is 14.2 Å². The van der Waals surface area contributed by atoms with Gasteiger partial charge in [-0.25, -0.2) is 4.98 Å². The van der Waals surface area contributed by atoms with Crippen molar-refractivity contribution in [1.82, 2.24) is 19.8 Å². The van der Waals surface area contributed by atoms with E-state index in [2.05, 4.69) is 77.2 Å². The second kappa shape index (κ2) is 15.3. The number of hydrogen-bond donors (Lipinski definition) is 1. The third kappa shape index (κ3) is 6.93. The smallest absolute Gasteiger partial charge is 0.137 e. The van der Waals surface area contributed by atoms with E-state index in [0.717, 1.165) is 71.6 Å². The van der Waals surface area contributed by atoms with Crippen LogP contribution < -0.4 is 9.47 Å². The fourth-order valence-corrected chi connectivity index (χ4v) is 5.51. The van der Waals surface area contributed by atoms with Crippen LogP contribution in [0.5, 0.6) is 11.5 Å². The summed E-state index contributed by atoms with van der Waals surface area (Å²) < 4.78 is 11.6. The van der Waals surface area contributed by atoms with Gasteiger partial charge in [-0.15, -0.1) is 37.2 Å². The number of ether oxygens (including phenoxy) is 2. The van der Waals surface area contributed by atoms with Crippen LogP contribution in [0.2, 0.25) is 0 Å². The summed E-state index contributed by atoms with van der Waals surface area (Å²) in [4.78, 5) is 13.6. The minimum atomic E-state index is 0. The molecule has 3 aromatic carbocycles. The SMILES string of the molecule is COc1ccccc1C(c1ccccc1OC)N1CCN(C(C)c2nc(-c3ccccc3)[nH]c2C)CC1.Cl.Cl.Cl. The van der Waals surface area contributed by atoms with E-state index in [9.17, 15) is 0 Å². The highest BCUT2D eigenvalue weighted by Gasteiger charge is 2.32. The number of piperazine rings is 1. The zero-order valence-corrected chi connectivity index (χ0v) is 25.8. The molecule has 2 heterocycles. The van der Waals surface area contributed by atoms with Crippen LogP contribution in [0.1, 0.15) is 41.5 Å². The Kier molecular flexibility index (Phi) is 12.8. The summed E-state index contributed by atoms with van der Waals surface area (Å²) in [6.45, 7) is 8.16. The van der Waals surface area contributed by atoms with Crippen molar-refractivity contribution in [3.05, 3.63) is 101 Å². The maximum atomic E-state index is 5.79. The molecule has 4 aromatic rings. The van der Waals surface area contributed by atoms with Gasteiger partial charge < -0.3 is 14.5 Å². The zero-order chi connectivity index (χ0) is 25.8. The summed E-state index contributed by atoms with van der Waals surface area (Å²) in [6.07, 6.45) is 0. The summed E-state index contributed by atoms with van der Waals surface area (Å²) in [7, 11) is 3.49. The molecule has 0 radical (unpaired) electrons. The lowest BCUT2D eigenvalue weighted by molar-refractivity contribution is 0.0812. The van der Waals surface area contributed by atoms with Gasteiger partial charge in [-0.05, 0) is 26.0 Å². The first-order chi connectivity index (χ1) is 18.1. The molecule has 40 heavy (non-hydrogen) atoms. The number of aromatic amines is 1. The Hall–Kier alpha value is -2.74. The summed E-state index contributed by atoms with van der Waals surface area (Å²) in [5, 5.41) is 0. The van der Waals surface area contributed by atoms with Gasteiger partial charge in [-0.3, -0.25) is 9.80 Å². The van der Waals surface area contributed by atoms with Crippen LogP contribution in [0.15, 0.2) is 78.9 Å². The number of nitrogens with zero attached hydrogens (tertiary/aromatic N) is 3. The average molecular weight is 606 g/mol. The van der Waals surface area contributed by atoms with E-state index in [1.807, 2.05) is 30.3 Å². The third-order valence-electron chi connectivity index (χ3n) is 7.49. The standard InChI is InChI=1S/C31H36N4O2.3ClH/c1-22-29(33-31(32-22)24-12-6-5-7-13-24)23(2)34-18-20-35(21-19-34)30(25-14-8-10-16-27(25)36-3)26-15-9-11-17-28(26)37-4;;;/h5-17,23,30H,18-21H2,1-4H3,(H,32,33);3*1H. The van der Waals surface area contributed by atoms with Crippen LogP contribution >= 0.6 is 37.2 Å². The van der Waals surface area contributed by atoms with E-state index in [0.29, 0.717) is 0 Å². The van der Waals surface area contributed by atoms with Gasteiger partial charge in [-0.2, -0.15) is 0 Å². The van der Waals surface area contributed by atoms with E-state index >= 15 is 0 Å². The molecule has 1 aromatic heterocycles. The number of benzene rings is 3. The van der Waals surface area contributed by atoms with Crippen LogP contribution in [0.4, 0.5) is 0 Å². The fourth-order valence-electron chi connectivity index (χ4n) is 5.51. The number of aromatic nitrogens is 2. The molecule has 1 N–H and O–H groups in total. The van der Waals surface area contributed by atoms with Crippen molar-refractivity contribution in [2.24, 2.45) is 0 Å². The molecule has 216 valence electrons. The highest BCUT2D eigenvalue weighted by atomic mass is 35.5. The molecule has 1 saturated heterocycles. The highest BCUT2D eigenvalue weighted by Crippen LogP contribution is 2.39. The van der Waals surface area contributed by atoms with Crippen LogP contribution in [-0.4, -0.2) is 60.2 Å². The molecule has 6 nitrogen and oxygen atoms in total. The van der Waals surface area contributed by atoms with Gasteiger partial charge in [0.15, 0.2) is 0 Å². The maximum absolute atomic E-state index is 5.79. The lowest BCUT2D eigenvalue weighted by Gasteiger charge is -2.42. The third-order valence-corrected chi connectivity index (χ3v) is 7.49. The van der Waals surface area contributed by atoms with Crippen molar-refractivity contribution in [3.8, 4) is 22.9 Å². The van der Waals surface area contributed by atoms with Crippen molar-refractivity contribution in [3.63, 3.8) is 0 Å². The summed E-state index contributed by atoms with van der Waals surface area (Å²) in [5.74, 6) is 2.73. The first kappa shape index (κ1) is 33.5. The number of rotatable bonds is 8. The van der Waals surface area contributed by atoms with Gasteiger partial charge in [0.2, 0.25) is 0 Å². The van der Waals surface area contributed by atoms with Gasteiger partial charge >= 0.3 is 0 Å². The summed E-state index contributed by atoms with van der Waals surface area (Å²) >= 11 is 0. The molecule has 1 aliphatic heterocycles. The van der Waals surface area contributed by atoms with Crippen molar-refractivity contribution in [1.29, 1.82) is 0 Å². The number of para-hydroxylation sites is 2. The number of methoxy groups -OCH3 is 2. The van der Waals surface area contributed by atoms with Gasteiger partial charge in [0.1, 0.15) is 17.3 Å². The minimum absolute atomic E-state index is 0. The monoisotopic (exact) mass is 604 g/mol. The molecular weight excluding hydrogens is 567 g/mol. The van der Waals surface area contributed by atoms with E-state index in [1.165, 1.54) is 0 Å². The molecule has 0 spiro atoms. The van der Waals surface area contributed by atoms with Crippen molar-refractivity contribution >= 4 is 37.2 Å². The molecule has 0 bridgehead atoms. The van der Waals surface area contributed by atoms with E-state index in [4.69, 9.17) is 14.5 Å². The normalized spacial score (nSPS) is 14.4. The molecule has 0 saturated carbocycles. The summed E-state index contributed by atoms with van der Waals surface area (Å²) in [5.41, 5.74) is 5.69. The lowest BCUT2D eigenvalue weighted by Crippen LogP contribution is -2.48. The van der Waals surface area contributed by atoms with Crippen LogP contribution in [-0.2, 0) is 0 Å².